The van der Waals surface area contributed by atoms with E-state index in [0.717, 1.165) is 11.4 Å². The standard InChI is InChI=1S/C11H12N4O2/c1-2-17-9-5-3-8(4-6-9)13-10-7-12-15-11(16)14-10/h3-7H,2H2,1H3,(H2,13,14,15,16). The number of nitrogens with zero attached hydrogens (tertiary/aromatic N) is 2. The Balaban J connectivity index is 2.11. The van der Waals surface area contributed by atoms with Gasteiger partial charge in [0.05, 0.1) is 12.8 Å². The maximum absolute atomic E-state index is 10.9. The highest BCUT2D eigenvalue weighted by Gasteiger charge is 1.98. The van der Waals surface area contributed by atoms with E-state index in [0.29, 0.717) is 12.4 Å². The van der Waals surface area contributed by atoms with Crippen molar-refractivity contribution in [2.75, 3.05) is 11.9 Å². The Hall–Kier alpha value is -2.37. The molecule has 0 saturated carbocycles. The van der Waals surface area contributed by atoms with Crippen molar-refractivity contribution < 1.29 is 4.74 Å². The maximum Gasteiger partial charge on any atom is 0.363 e. The van der Waals surface area contributed by atoms with Gasteiger partial charge in [-0.3, -0.25) is 0 Å². The van der Waals surface area contributed by atoms with Crippen LogP contribution in [0.5, 0.6) is 5.75 Å². The minimum absolute atomic E-state index is 0.401. The third-order valence-electron chi connectivity index (χ3n) is 2.01. The Kier molecular flexibility index (Phi) is 3.34. The van der Waals surface area contributed by atoms with Gasteiger partial charge in [0.15, 0.2) is 5.82 Å². The molecule has 0 atom stereocenters. The number of anilines is 2. The monoisotopic (exact) mass is 232 g/mol. The second-order valence-electron chi connectivity index (χ2n) is 3.25. The van der Waals surface area contributed by atoms with Gasteiger partial charge in [-0.25, -0.2) is 9.89 Å². The number of hydrogen-bond acceptors (Lipinski definition) is 5. The van der Waals surface area contributed by atoms with Crippen molar-refractivity contribution in [1.29, 1.82) is 0 Å². The molecule has 0 unspecified atom stereocenters. The van der Waals surface area contributed by atoms with Gasteiger partial charge >= 0.3 is 5.69 Å². The van der Waals surface area contributed by atoms with E-state index in [-0.39, 0.29) is 0 Å². The zero-order valence-corrected chi connectivity index (χ0v) is 9.30. The van der Waals surface area contributed by atoms with Gasteiger partial charge in [-0.05, 0) is 31.2 Å². The number of rotatable bonds is 4. The van der Waals surface area contributed by atoms with Gasteiger partial charge in [0.25, 0.3) is 0 Å². The first-order valence-electron chi connectivity index (χ1n) is 5.19. The van der Waals surface area contributed by atoms with Crippen LogP contribution in [0.1, 0.15) is 6.92 Å². The highest BCUT2D eigenvalue weighted by Crippen LogP contribution is 2.17. The van der Waals surface area contributed by atoms with Gasteiger partial charge < -0.3 is 10.1 Å². The zero-order chi connectivity index (χ0) is 12.1. The van der Waals surface area contributed by atoms with Crippen LogP contribution in [-0.4, -0.2) is 21.8 Å². The van der Waals surface area contributed by atoms with Crippen molar-refractivity contribution in [3.63, 3.8) is 0 Å². The van der Waals surface area contributed by atoms with Crippen LogP contribution in [0.2, 0.25) is 0 Å². The Morgan fingerprint density at radius 1 is 1.35 bits per heavy atom. The van der Waals surface area contributed by atoms with Crippen molar-refractivity contribution in [2.24, 2.45) is 0 Å². The van der Waals surface area contributed by atoms with Crippen LogP contribution in [-0.2, 0) is 0 Å². The number of aromatic nitrogens is 3. The highest BCUT2D eigenvalue weighted by atomic mass is 16.5. The second-order valence-corrected chi connectivity index (χ2v) is 3.25. The van der Waals surface area contributed by atoms with E-state index in [1.165, 1.54) is 6.20 Å². The Labute approximate surface area is 97.7 Å². The predicted octanol–water partition coefficient (Wildman–Crippen LogP) is 1.31. The van der Waals surface area contributed by atoms with E-state index >= 15 is 0 Å². The molecule has 17 heavy (non-hydrogen) atoms. The molecular weight excluding hydrogens is 220 g/mol. The van der Waals surface area contributed by atoms with Gasteiger partial charge in [0.1, 0.15) is 5.75 Å². The molecule has 0 amide bonds. The van der Waals surface area contributed by atoms with Crippen molar-refractivity contribution in [3.05, 3.63) is 40.9 Å². The van der Waals surface area contributed by atoms with Gasteiger partial charge in [-0.2, -0.15) is 10.1 Å². The van der Waals surface area contributed by atoms with Crippen molar-refractivity contribution in [2.45, 2.75) is 6.92 Å². The average molecular weight is 232 g/mol. The normalized spacial score (nSPS) is 9.94. The summed E-state index contributed by atoms with van der Waals surface area (Å²) in [6, 6.07) is 7.36. The van der Waals surface area contributed by atoms with E-state index in [2.05, 4.69) is 20.5 Å². The molecule has 2 rings (SSSR count). The first-order chi connectivity index (χ1) is 8.28. The van der Waals surface area contributed by atoms with Gasteiger partial charge in [-0.15, -0.1) is 0 Å². The van der Waals surface area contributed by atoms with E-state index in [4.69, 9.17) is 4.74 Å². The number of nitrogens with one attached hydrogen (secondary N) is 2. The topological polar surface area (TPSA) is 79.9 Å². The summed E-state index contributed by atoms with van der Waals surface area (Å²) in [6.45, 7) is 2.56. The summed E-state index contributed by atoms with van der Waals surface area (Å²) in [5.74, 6) is 1.20. The lowest BCUT2D eigenvalue weighted by molar-refractivity contribution is 0.340. The van der Waals surface area contributed by atoms with E-state index in [1.807, 2.05) is 31.2 Å². The van der Waals surface area contributed by atoms with Crippen molar-refractivity contribution >= 4 is 11.5 Å². The van der Waals surface area contributed by atoms with Gasteiger partial charge in [0, 0.05) is 5.69 Å². The molecule has 1 aromatic heterocycles. The minimum atomic E-state index is -0.485. The molecule has 1 heterocycles. The molecule has 0 fully saturated rings. The Morgan fingerprint density at radius 2 is 2.12 bits per heavy atom. The van der Waals surface area contributed by atoms with Crippen molar-refractivity contribution in [1.82, 2.24) is 15.2 Å². The van der Waals surface area contributed by atoms with Crippen LogP contribution in [0.4, 0.5) is 11.5 Å². The lowest BCUT2D eigenvalue weighted by atomic mass is 10.3. The van der Waals surface area contributed by atoms with Crippen LogP contribution < -0.4 is 15.7 Å². The Morgan fingerprint density at radius 3 is 2.76 bits per heavy atom. The predicted molar refractivity (Wildman–Crippen MR) is 63.5 cm³/mol. The Bertz CT molecular complexity index is 536. The SMILES string of the molecule is CCOc1ccc(Nc2cn[nH]c(=O)n2)cc1. The molecule has 0 aliphatic heterocycles. The fourth-order valence-corrected chi connectivity index (χ4v) is 1.32. The lowest BCUT2D eigenvalue weighted by Crippen LogP contribution is -2.13. The number of hydrogen-bond donors (Lipinski definition) is 2. The minimum Gasteiger partial charge on any atom is -0.494 e. The number of aromatic amines is 1. The van der Waals surface area contributed by atoms with Crippen molar-refractivity contribution in [3.8, 4) is 5.75 Å². The van der Waals surface area contributed by atoms with Crippen LogP contribution in [0, 0.1) is 0 Å². The molecule has 0 aliphatic rings. The quantitative estimate of drug-likeness (QED) is 0.830. The van der Waals surface area contributed by atoms with E-state index in [9.17, 15) is 4.79 Å². The highest BCUT2D eigenvalue weighted by molar-refractivity contribution is 5.55. The molecule has 6 heteroatoms. The van der Waals surface area contributed by atoms with Crippen LogP contribution in [0.3, 0.4) is 0 Å². The summed E-state index contributed by atoms with van der Waals surface area (Å²) in [5.41, 5.74) is 0.328. The third-order valence-corrected chi connectivity index (χ3v) is 2.01. The molecule has 1 aromatic carbocycles. The molecule has 0 aliphatic carbocycles. The summed E-state index contributed by atoms with van der Waals surface area (Å²) in [5, 5.41) is 8.81. The van der Waals surface area contributed by atoms with Crippen LogP contribution in [0.15, 0.2) is 35.3 Å². The molecule has 88 valence electrons. The lowest BCUT2D eigenvalue weighted by Gasteiger charge is -2.06. The van der Waals surface area contributed by atoms with Gasteiger partial charge in [-0.1, -0.05) is 0 Å². The molecule has 0 saturated heterocycles. The van der Waals surface area contributed by atoms with Gasteiger partial charge in [0.2, 0.25) is 0 Å². The third kappa shape index (κ3) is 3.04. The maximum atomic E-state index is 10.9. The summed E-state index contributed by atoms with van der Waals surface area (Å²) >= 11 is 0. The second kappa shape index (κ2) is 5.11. The van der Waals surface area contributed by atoms with E-state index < -0.39 is 5.69 Å². The molecule has 2 aromatic rings. The smallest absolute Gasteiger partial charge is 0.363 e. The molecule has 0 spiro atoms. The molecule has 2 N–H and O–H groups in total. The zero-order valence-electron chi connectivity index (χ0n) is 9.30. The first-order valence-corrected chi connectivity index (χ1v) is 5.19. The fourth-order valence-electron chi connectivity index (χ4n) is 1.32. The number of ether oxygens (including phenoxy) is 1. The molecule has 6 nitrogen and oxygen atoms in total. The first kappa shape index (κ1) is 11.1. The summed E-state index contributed by atoms with van der Waals surface area (Å²) in [4.78, 5) is 14.6. The largest absolute Gasteiger partial charge is 0.494 e. The fraction of sp³-hybridized carbons (Fsp3) is 0.182. The average Bonchev–Trinajstić information content (AvgIpc) is 2.32. The number of H-pyrrole nitrogens is 1. The number of benzene rings is 1. The summed E-state index contributed by atoms with van der Waals surface area (Å²) in [7, 11) is 0. The molecule has 0 bridgehead atoms. The van der Waals surface area contributed by atoms with E-state index in [1.54, 1.807) is 0 Å². The molecular formula is C11H12N4O2. The summed E-state index contributed by atoms with van der Waals surface area (Å²) in [6.07, 6.45) is 1.44. The van der Waals surface area contributed by atoms with Crippen LogP contribution >= 0.6 is 0 Å². The van der Waals surface area contributed by atoms with Crippen LogP contribution in [0.25, 0.3) is 0 Å². The summed E-state index contributed by atoms with van der Waals surface area (Å²) < 4.78 is 5.32. The molecule has 0 radical (unpaired) electrons.